The fourth-order valence-corrected chi connectivity index (χ4v) is 4.55. The monoisotopic (exact) mass is 495 g/mol. The molecule has 1 aliphatic heterocycles. The number of ether oxygens (including phenoxy) is 1. The molecule has 0 spiro atoms. The van der Waals surface area contributed by atoms with Gasteiger partial charge in [-0.25, -0.2) is 28.4 Å². The number of hydrogen-bond acceptors (Lipinski definition) is 7. The van der Waals surface area contributed by atoms with Gasteiger partial charge in [-0.05, 0) is 45.7 Å². The molecular weight excluding hydrogens is 471 g/mol. The first-order valence-electron chi connectivity index (χ1n) is 11.9. The summed E-state index contributed by atoms with van der Waals surface area (Å²) in [6.45, 7) is 6.20. The van der Waals surface area contributed by atoms with E-state index >= 15 is 4.39 Å². The van der Waals surface area contributed by atoms with Crippen molar-refractivity contribution in [2.45, 2.75) is 51.9 Å². The third kappa shape index (κ3) is 3.97. The summed E-state index contributed by atoms with van der Waals surface area (Å²) in [6, 6.07) is 3.43. The number of hydrogen-bond donors (Lipinski definition) is 0. The van der Waals surface area contributed by atoms with E-state index in [1.807, 2.05) is 18.7 Å². The van der Waals surface area contributed by atoms with E-state index in [-0.39, 0.29) is 41.8 Å². The zero-order valence-corrected chi connectivity index (χ0v) is 20.0. The molecule has 186 valence electrons. The molecule has 2 fully saturated rings. The third-order valence-corrected chi connectivity index (χ3v) is 6.66. The Morgan fingerprint density at radius 3 is 2.50 bits per heavy atom. The minimum absolute atomic E-state index is 0.0946. The quantitative estimate of drug-likeness (QED) is 0.409. The van der Waals surface area contributed by atoms with Crippen LogP contribution in [-0.4, -0.2) is 48.9 Å². The van der Waals surface area contributed by atoms with Crippen molar-refractivity contribution in [3.05, 3.63) is 58.9 Å². The van der Waals surface area contributed by atoms with Gasteiger partial charge in [-0.3, -0.25) is 0 Å². The maximum Gasteiger partial charge on any atom is 0.228 e. The maximum absolute atomic E-state index is 15.1. The number of halogens is 3. The summed E-state index contributed by atoms with van der Waals surface area (Å²) < 4.78 is 51.1. The first-order chi connectivity index (χ1) is 17.3. The number of aryl methyl sites for hydroxylation is 2. The highest BCUT2D eigenvalue weighted by Crippen LogP contribution is 2.38. The summed E-state index contributed by atoms with van der Waals surface area (Å²) in [7, 11) is 0. The molecule has 1 aromatic carbocycles. The standard InChI is InChI=1S/C25H24F3N7O/c1-12-10-34(11-20(36-12)18-9-29-35(23(18)28)16-5-6-16)25-32-21(17-7-4-15(26)8-19(17)27)22-24(33-25)31-14(3)13(2)30-22/h4,7-9,12,16,20H,5-6,10-11H2,1-3H3/t12-,20-/m1/s1. The summed E-state index contributed by atoms with van der Waals surface area (Å²) in [6.07, 6.45) is 2.51. The van der Waals surface area contributed by atoms with Crippen LogP contribution < -0.4 is 4.90 Å². The van der Waals surface area contributed by atoms with Crippen LogP contribution in [0.2, 0.25) is 0 Å². The summed E-state index contributed by atoms with van der Waals surface area (Å²) in [5.74, 6) is -1.55. The number of fused-ring (bicyclic) bond motifs is 1. The van der Waals surface area contributed by atoms with Crippen LogP contribution in [0.3, 0.4) is 0 Å². The highest BCUT2D eigenvalue weighted by Gasteiger charge is 2.35. The zero-order chi connectivity index (χ0) is 25.1. The summed E-state index contributed by atoms with van der Waals surface area (Å²) in [5, 5.41) is 4.23. The Balaban J connectivity index is 1.44. The van der Waals surface area contributed by atoms with Gasteiger partial charge in [0.25, 0.3) is 0 Å². The van der Waals surface area contributed by atoms with Crippen LogP contribution in [0.5, 0.6) is 0 Å². The Bertz CT molecular complexity index is 1490. The fraction of sp³-hybridized carbons (Fsp3) is 0.400. The molecule has 2 atom stereocenters. The van der Waals surface area contributed by atoms with E-state index in [1.54, 1.807) is 6.92 Å². The molecule has 11 heteroatoms. The van der Waals surface area contributed by atoms with E-state index in [9.17, 15) is 8.78 Å². The first kappa shape index (κ1) is 22.8. The second kappa shape index (κ2) is 8.51. The minimum atomic E-state index is -0.760. The van der Waals surface area contributed by atoms with Crippen molar-refractivity contribution in [1.29, 1.82) is 0 Å². The highest BCUT2D eigenvalue weighted by molar-refractivity contribution is 5.88. The van der Waals surface area contributed by atoms with Gasteiger partial charge in [0.1, 0.15) is 28.9 Å². The van der Waals surface area contributed by atoms with E-state index in [0.29, 0.717) is 34.7 Å². The van der Waals surface area contributed by atoms with Crippen molar-refractivity contribution < 1.29 is 17.9 Å². The van der Waals surface area contributed by atoms with Crippen LogP contribution in [0.15, 0.2) is 24.4 Å². The van der Waals surface area contributed by atoms with Crippen LogP contribution >= 0.6 is 0 Å². The van der Waals surface area contributed by atoms with E-state index in [4.69, 9.17) is 4.74 Å². The van der Waals surface area contributed by atoms with Crippen LogP contribution in [0, 0.1) is 31.4 Å². The summed E-state index contributed by atoms with van der Waals surface area (Å²) in [5.41, 5.74) is 2.65. The van der Waals surface area contributed by atoms with Gasteiger partial charge in [-0.1, -0.05) is 0 Å². The van der Waals surface area contributed by atoms with Crippen LogP contribution in [-0.2, 0) is 4.74 Å². The molecule has 1 saturated carbocycles. The van der Waals surface area contributed by atoms with Crippen molar-refractivity contribution in [1.82, 2.24) is 29.7 Å². The van der Waals surface area contributed by atoms with Crippen LogP contribution in [0.1, 0.15) is 48.9 Å². The van der Waals surface area contributed by atoms with Crippen molar-refractivity contribution >= 4 is 17.1 Å². The molecule has 0 amide bonds. The lowest BCUT2D eigenvalue weighted by Crippen LogP contribution is -2.44. The Morgan fingerprint density at radius 2 is 1.75 bits per heavy atom. The Labute approximate surface area is 205 Å². The van der Waals surface area contributed by atoms with E-state index in [1.165, 1.54) is 23.0 Å². The number of benzene rings is 1. The van der Waals surface area contributed by atoms with Crippen molar-refractivity contribution in [3.63, 3.8) is 0 Å². The smallest absolute Gasteiger partial charge is 0.228 e. The van der Waals surface area contributed by atoms with Gasteiger partial charge >= 0.3 is 0 Å². The predicted octanol–water partition coefficient (Wildman–Crippen LogP) is 4.62. The average molecular weight is 496 g/mol. The van der Waals surface area contributed by atoms with Gasteiger partial charge in [-0.15, -0.1) is 0 Å². The summed E-state index contributed by atoms with van der Waals surface area (Å²) in [4.78, 5) is 20.3. The fourth-order valence-electron chi connectivity index (χ4n) is 4.55. The van der Waals surface area contributed by atoms with E-state index in [0.717, 1.165) is 18.9 Å². The molecule has 0 N–H and O–H groups in total. The minimum Gasteiger partial charge on any atom is -0.367 e. The van der Waals surface area contributed by atoms with Gasteiger partial charge < -0.3 is 9.64 Å². The summed E-state index contributed by atoms with van der Waals surface area (Å²) >= 11 is 0. The highest BCUT2D eigenvalue weighted by atomic mass is 19.1. The van der Waals surface area contributed by atoms with Gasteiger partial charge in [0.15, 0.2) is 5.65 Å². The lowest BCUT2D eigenvalue weighted by atomic mass is 10.1. The molecule has 0 unspecified atom stereocenters. The molecular formula is C25H24F3N7O. The van der Waals surface area contributed by atoms with Gasteiger partial charge in [0.2, 0.25) is 11.9 Å². The van der Waals surface area contributed by atoms with Gasteiger partial charge in [0.05, 0.1) is 41.8 Å². The maximum atomic E-state index is 15.1. The lowest BCUT2D eigenvalue weighted by Gasteiger charge is -2.36. The molecule has 3 aromatic heterocycles. The average Bonchev–Trinajstić information content (AvgIpc) is 3.60. The number of nitrogens with zero attached hydrogens (tertiary/aromatic N) is 7. The number of rotatable bonds is 4. The molecule has 4 aromatic rings. The largest absolute Gasteiger partial charge is 0.367 e. The Morgan fingerprint density at radius 1 is 0.972 bits per heavy atom. The molecule has 4 heterocycles. The Kier molecular flexibility index (Phi) is 5.40. The SMILES string of the molecule is Cc1nc2nc(N3C[C@@H](C)O[C@@H](c4cnn(C5CC5)c4F)C3)nc(-c3ccc(F)cc3F)c2nc1C. The topological polar surface area (TPSA) is 81.9 Å². The molecule has 1 aliphatic carbocycles. The predicted molar refractivity (Wildman–Crippen MR) is 126 cm³/mol. The van der Waals surface area contributed by atoms with Gasteiger partial charge in [0, 0.05) is 18.2 Å². The van der Waals surface area contributed by atoms with Gasteiger partial charge in [-0.2, -0.15) is 14.5 Å². The van der Waals surface area contributed by atoms with E-state index < -0.39 is 17.7 Å². The molecule has 0 radical (unpaired) electrons. The molecule has 8 nitrogen and oxygen atoms in total. The zero-order valence-electron chi connectivity index (χ0n) is 20.0. The lowest BCUT2D eigenvalue weighted by molar-refractivity contribution is -0.0197. The van der Waals surface area contributed by atoms with Crippen molar-refractivity contribution in [2.75, 3.05) is 18.0 Å². The first-order valence-corrected chi connectivity index (χ1v) is 11.9. The van der Waals surface area contributed by atoms with E-state index in [2.05, 4.69) is 25.0 Å². The molecule has 36 heavy (non-hydrogen) atoms. The number of aromatic nitrogens is 6. The second-order valence-electron chi connectivity index (χ2n) is 9.47. The van der Waals surface area contributed by atoms with Crippen molar-refractivity contribution in [2.24, 2.45) is 0 Å². The molecule has 0 bridgehead atoms. The molecule has 6 rings (SSSR count). The second-order valence-corrected chi connectivity index (χ2v) is 9.47. The van der Waals surface area contributed by atoms with Crippen LogP contribution in [0.4, 0.5) is 19.1 Å². The third-order valence-electron chi connectivity index (χ3n) is 6.66. The normalized spacial score (nSPS) is 20.3. The number of morpholine rings is 1. The molecule has 2 aliphatic rings. The van der Waals surface area contributed by atoms with Crippen molar-refractivity contribution in [3.8, 4) is 11.3 Å². The number of anilines is 1. The molecule has 1 saturated heterocycles. The Hall–Kier alpha value is -3.60. The van der Waals surface area contributed by atoms with Crippen LogP contribution in [0.25, 0.3) is 22.4 Å².